The van der Waals surface area contributed by atoms with Gasteiger partial charge < -0.3 is 9.84 Å². The van der Waals surface area contributed by atoms with E-state index in [1.54, 1.807) is 6.07 Å². The van der Waals surface area contributed by atoms with Crippen molar-refractivity contribution in [2.75, 3.05) is 7.11 Å². The Bertz CT molecular complexity index is 307. The number of fused-ring (bicyclic) bond motifs is 1. The molecule has 1 aliphatic rings. The minimum Gasteiger partial charge on any atom is -0.508 e. The van der Waals surface area contributed by atoms with Crippen LogP contribution in [-0.2, 0) is 22.4 Å². The molecular weight excluding hydrogens is 180 g/mol. The van der Waals surface area contributed by atoms with Crippen molar-refractivity contribution in [1.82, 2.24) is 0 Å². The highest BCUT2D eigenvalue weighted by Gasteiger charge is 2.09. The van der Waals surface area contributed by atoms with Gasteiger partial charge in [0, 0.05) is 0 Å². The molecule has 0 spiro atoms. The Hall–Kier alpha value is -1.51. The van der Waals surface area contributed by atoms with E-state index in [9.17, 15) is 0 Å². The maximum atomic E-state index is 9.10. The van der Waals surface area contributed by atoms with Gasteiger partial charge in [0.15, 0.2) is 0 Å². The van der Waals surface area contributed by atoms with Crippen LogP contribution >= 0.6 is 0 Å². The number of benzene rings is 1. The lowest BCUT2D eigenvalue weighted by Crippen LogP contribution is -1.78. The lowest BCUT2D eigenvalue weighted by atomic mass is 10.1. The molecule has 14 heavy (non-hydrogen) atoms. The molecule has 3 heteroatoms. The minimum atomic E-state index is 0.375. The Kier molecular flexibility index (Phi) is 3.98. The standard InChI is InChI=1S/C9H10O.C2H4O2/c10-9-5-4-7-2-1-3-8(7)6-9;1-4-2-3/h4-6,10H,1-3H2;2H,1H3. The van der Waals surface area contributed by atoms with E-state index >= 15 is 0 Å². The van der Waals surface area contributed by atoms with Crippen molar-refractivity contribution >= 4 is 6.47 Å². The molecule has 0 saturated carbocycles. The van der Waals surface area contributed by atoms with Crippen LogP contribution in [0.1, 0.15) is 17.5 Å². The lowest BCUT2D eigenvalue weighted by molar-refractivity contribution is -0.126. The highest BCUT2D eigenvalue weighted by atomic mass is 16.5. The Balaban J connectivity index is 0.000000213. The van der Waals surface area contributed by atoms with E-state index in [2.05, 4.69) is 4.74 Å². The molecule has 0 atom stereocenters. The quantitative estimate of drug-likeness (QED) is 0.692. The van der Waals surface area contributed by atoms with Gasteiger partial charge in [-0.3, -0.25) is 4.79 Å². The Morgan fingerprint density at radius 3 is 2.64 bits per heavy atom. The molecule has 2 rings (SSSR count). The van der Waals surface area contributed by atoms with Crippen LogP contribution < -0.4 is 0 Å². The highest BCUT2D eigenvalue weighted by molar-refractivity contribution is 5.37. The second-order valence-corrected chi connectivity index (χ2v) is 3.14. The number of ether oxygens (including phenoxy) is 1. The van der Waals surface area contributed by atoms with E-state index in [0.29, 0.717) is 12.2 Å². The summed E-state index contributed by atoms with van der Waals surface area (Å²) >= 11 is 0. The third-order valence-corrected chi connectivity index (χ3v) is 2.18. The van der Waals surface area contributed by atoms with Gasteiger partial charge in [-0.1, -0.05) is 6.07 Å². The molecule has 76 valence electrons. The van der Waals surface area contributed by atoms with Crippen LogP contribution in [0, 0.1) is 0 Å². The summed E-state index contributed by atoms with van der Waals surface area (Å²) in [4.78, 5) is 8.95. The average Bonchev–Trinajstić information content (AvgIpc) is 2.65. The number of aryl methyl sites for hydroxylation is 2. The zero-order valence-electron chi connectivity index (χ0n) is 8.19. The first-order valence-electron chi connectivity index (χ1n) is 4.55. The fourth-order valence-electron chi connectivity index (χ4n) is 1.56. The van der Waals surface area contributed by atoms with Gasteiger partial charge in [-0.15, -0.1) is 0 Å². The first-order valence-corrected chi connectivity index (χ1v) is 4.55. The summed E-state index contributed by atoms with van der Waals surface area (Å²) in [5.41, 5.74) is 2.75. The van der Waals surface area contributed by atoms with Gasteiger partial charge in [0.1, 0.15) is 5.75 Å². The van der Waals surface area contributed by atoms with Crippen molar-refractivity contribution in [2.24, 2.45) is 0 Å². The third kappa shape index (κ3) is 2.76. The number of rotatable bonds is 1. The highest BCUT2D eigenvalue weighted by Crippen LogP contribution is 2.24. The van der Waals surface area contributed by atoms with Gasteiger partial charge in [-0.2, -0.15) is 0 Å². The van der Waals surface area contributed by atoms with Gasteiger partial charge in [0.25, 0.3) is 6.47 Å². The number of carbonyl (C=O) groups excluding carboxylic acids is 1. The summed E-state index contributed by atoms with van der Waals surface area (Å²) in [5.74, 6) is 0.403. The number of phenolic OH excluding ortho intramolecular Hbond substituents is 1. The van der Waals surface area contributed by atoms with E-state index in [1.807, 2.05) is 12.1 Å². The average molecular weight is 194 g/mol. The zero-order chi connectivity index (χ0) is 10.4. The smallest absolute Gasteiger partial charge is 0.292 e. The Morgan fingerprint density at radius 2 is 2.00 bits per heavy atom. The van der Waals surface area contributed by atoms with Gasteiger partial charge in [-0.25, -0.2) is 0 Å². The molecule has 0 unspecified atom stereocenters. The number of aromatic hydroxyl groups is 1. The molecule has 0 saturated heterocycles. The molecule has 1 aromatic rings. The van der Waals surface area contributed by atoms with Crippen molar-refractivity contribution < 1.29 is 14.6 Å². The number of hydrogen-bond acceptors (Lipinski definition) is 3. The van der Waals surface area contributed by atoms with Crippen LogP contribution in [0.5, 0.6) is 5.75 Å². The number of carbonyl (C=O) groups is 1. The van der Waals surface area contributed by atoms with Crippen LogP contribution in [0.2, 0.25) is 0 Å². The Morgan fingerprint density at radius 1 is 1.36 bits per heavy atom. The predicted molar refractivity (Wildman–Crippen MR) is 53.2 cm³/mol. The molecule has 1 aliphatic carbocycles. The molecule has 3 nitrogen and oxygen atoms in total. The van der Waals surface area contributed by atoms with Gasteiger partial charge >= 0.3 is 0 Å². The number of hydrogen-bond donors (Lipinski definition) is 1. The van der Waals surface area contributed by atoms with E-state index in [0.717, 1.165) is 6.42 Å². The maximum Gasteiger partial charge on any atom is 0.292 e. The molecule has 0 heterocycles. The summed E-state index contributed by atoms with van der Waals surface area (Å²) in [5, 5.41) is 9.10. The van der Waals surface area contributed by atoms with Gasteiger partial charge in [0.05, 0.1) is 7.11 Å². The first kappa shape index (κ1) is 10.6. The fourth-order valence-corrected chi connectivity index (χ4v) is 1.56. The van der Waals surface area contributed by atoms with Crippen molar-refractivity contribution in [3.05, 3.63) is 29.3 Å². The van der Waals surface area contributed by atoms with Gasteiger partial charge in [-0.05, 0) is 42.5 Å². The predicted octanol–water partition coefficient (Wildman–Crippen LogP) is 1.67. The second-order valence-electron chi connectivity index (χ2n) is 3.14. The maximum absolute atomic E-state index is 9.10. The molecule has 0 amide bonds. The van der Waals surface area contributed by atoms with Crippen LogP contribution in [-0.4, -0.2) is 18.7 Å². The van der Waals surface area contributed by atoms with E-state index < -0.39 is 0 Å². The topological polar surface area (TPSA) is 46.5 Å². The first-order chi connectivity index (χ1) is 6.77. The Labute approximate surface area is 83.3 Å². The molecule has 1 N–H and O–H groups in total. The number of methoxy groups -OCH3 is 1. The summed E-state index contributed by atoms with van der Waals surface area (Å²) in [7, 11) is 1.31. The third-order valence-electron chi connectivity index (χ3n) is 2.18. The molecule has 1 aromatic carbocycles. The molecular formula is C11H14O3. The van der Waals surface area contributed by atoms with E-state index in [4.69, 9.17) is 9.90 Å². The van der Waals surface area contributed by atoms with Crippen molar-refractivity contribution in [3.63, 3.8) is 0 Å². The van der Waals surface area contributed by atoms with Crippen molar-refractivity contribution in [3.8, 4) is 5.75 Å². The minimum absolute atomic E-state index is 0.375. The SMILES string of the molecule is COC=O.Oc1ccc2c(c1)CCC2. The largest absolute Gasteiger partial charge is 0.508 e. The van der Waals surface area contributed by atoms with Crippen molar-refractivity contribution in [2.45, 2.75) is 19.3 Å². The summed E-state index contributed by atoms with van der Waals surface area (Å²) in [6, 6.07) is 5.67. The summed E-state index contributed by atoms with van der Waals surface area (Å²) < 4.78 is 3.86. The van der Waals surface area contributed by atoms with E-state index in [1.165, 1.54) is 31.1 Å². The number of phenols is 1. The van der Waals surface area contributed by atoms with Crippen LogP contribution in [0.3, 0.4) is 0 Å². The normalized spacial score (nSPS) is 12.4. The lowest BCUT2D eigenvalue weighted by Gasteiger charge is -1.97. The van der Waals surface area contributed by atoms with Crippen LogP contribution in [0.15, 0.2) is 18.2 Å². The molecule has 0 radical (unpaired) electrons. The molecule has 0 bridgehead atoms. The summed E-state index contributed by atoms with van der Waals surface area (Å²) in [6.07, 6.45) is 3.58. The monoisotopic (exact) mass is 194 g/mol. The molecule has 0 aliphatic heterocycles. The second kappa shape index (κ2) is 5.27. The van der Waals surface area contributed by atoms with E-state index in [-0.39, 0.29) is 0 Å². The summed E-state index contributed by atoms with van der Waals surface area (Å²) in [6.45, 7) is 0.375. The van der Waals surface area contributed by atoms with Crippen molar-refractivity contribution in [1.29, 1.82) is 0 Å². The van der Waals surface area contributed by atoms with Crippen LogP contribution in [0.25, 0.3) is 0 Å². The molecule has 0 aromatic heterocycles. The van der Waals surface area contributed by atoms with Crippen LogP contribution in [0.4, 0.5) is 0 Å². The fraction of sp³-hybridized carbons (Fsp3) is 0.364. The van der Waals surface area contributed by atoms with Gasteiger partial charge in [0.2, 0.25) is 0 Å². The molecule has 0 fully saturated rings. The zero-order valence-corrected chi connectivity index (χ0v) is 8.19.